The fraction of sp³-hybridized carbons (Fsp3) is 0.379. The van der Waals surface area contributed by atoms with Crippen molar-refractivity contribution in [3.63, 3.8) is 0 Å². The summed E-state index contributed by atoms with van der Waals surface area (Å²) in [5.41, 5.74) is 1.92. The van der Waals surface area contributed by atoms with Crippen molar-refractivity contribution in [1.29, 1.82) is 0 Å². The van der Waals surface area contributed by atoms with Crippen LogP contribution in [0, 0.1) is 29.2 Å². The largest absolute Gasteiger partial charge is 0.368 e. The molecule has 1 heterocycles. The Morgan fingerprint density at radius 2 is 1.18 bits per heavy atom. The van der Waals surface area contributed by atoms with Gasteiger partial charge < -0.3 is 4.74 Å². The molecule has 1 atom stereocenters. The molecule has 178 valence electrons. The van der Waals surface area contributed by atoms with Gasteiger partial charge in [-0.25, -0.2) is 17.6 Å². The molecule has 5 rings (SSSR count). The first-order valence-electron chi connectivity index (χ1n) is 12.2. The maximum Gasteiger partial charge on any atom is 0.167 e. The molecule has 1 unspecified atom stereocenters. The Morgan fingerprint density at radius 1 is 0.676 bits per heavy atom. The van der Waals surface area contributed by atoms with Gasteiger partial charge in [0.15, 0.2) is 23.3 Å². The Bertz CT molecular complexity index is 1180. The third-order valence-electron chi connectivity index (χ3n) is 7.39. The van der Waals surface area contributed by atoms with Crippen LogP contribution >= 0.6 is 0 Å². The molecule has 3 aromatic carbocycles. The van der Waals surface area contributed by atoms with Crippen LogP contribution in [0.15, 0.2) is 48.5 Å². The number of epoxide rings is 1. The van der Waals surface area contributed by atoms with E-state index in [-0.39, 0.29) is 28.7 Å². The third-order valence-corrected chi connectivity index (χ3v) is 7.39. The molecule has 1 saturated carbocycles. The van der Waals surface area contributed by atoms with E-state index in [2.05, 4.69) is 6.92 Å². The molecule has 0 aromatic heterocycles. The minimum Gasteiger partial charge on any atom is -0.368 e. The van der Waals surface area contributed by atoms with Crippen LogP contribution in [0.5, 0.6) is 0 Å². The van der Waals surface area contributed by atoms with Crippen LogP contribution in [0.4, 0.5) is 17.6 Å². The lowest BCUT2D eigenvalue weighted by molar-refractivity contribution is 0.303. The third kappa shape index (κ3) is 4.38. The van der Waals surface area contributed by atoms with E-state index < -0.39 is 23.3 Å². The zero-order chi connectivity index (χ0) is 23.8. The highest BCUT2D eigenvalue weighted by molar-refractivity contribution is 5.71. The molecule has 0 radical (unpaired) electrons. The van der Waals surface area contributed by atoms with Crippen molar-refractivity contribution >= 4 is 0 Å². The molecular formula is C29H28F4O. The average Bonchev–Trinajstić information content (AvgIpc) is 3.69. The second kappa shape index (κ2) is 9.53. The first-order valence-corrected chi connectivity index (χ1v) is 12.2. The molecular weight excluding hydrogens is 440 g/mol. The molecule has 34 heavy (non-hydrogen) atoms. The molecule has 3 aromatic rings. The van der Waals surface area contributed by atoms with Gasteiger partial charge in [0.05, 0.1) is 6.61 Å². The topological polar surface area (TPSA) is 12.5 Å². The Balaban J connectivity index is 1.37. The molecule has 1 aliphatic heterocycles. The molecule has 1 nitrogen and oxygen atoms in total. The summed E-state index contributed by atoms with van der Waals surface area (Å²) in [5, 5.41) is 0. The minimum atomic E-state index is -0.934. The summed E-state index contributed by atoms with van der Waals surface area (Å²) < 4.78 is 64.2. The van der Waals surface area contributed by atoms with E-state index in [9.17, 15) is 8.78 Å². The second-order valence-corrected chi connectivity index (χ2v) is 9.57. The Kier molecular flexibility index (Phi) is 6.48. The van der Waals surface area contributed by atoms with Gasteiger partial charge in [-0.2, -0.15) is 0 Å². The summed E-state index contributed by atoms with van der Waals surface area (Å²) in [5.74, 6) is -2.71. The van der Waals surface area contributed by atoms with Crippen molar-refractivity contribution in [2.24, 2.45) is 5.92 Å². The molecule has 1 aliphatic carbocycles. The fourth-order valence-electron chi connectivity index (χ4n) is 5.37. The van der Waals surface area contributed by atoms with Gasteiger partial charge in [0.2, 0.25) is 0 Å². The number of hydrogen-bond acceptors (Lipinski definition) is 1. The highest BCUT2D eigenvalue weighted by atomic mass is 19.2. The predicted octanol–water partition coefficient (Wildman–Crippen LogP) is 8.72. The number of halogens is 4. The van der Waals surface area contributed by atoms with Gasteiger partial charge in [-0.05, 0) is 54.2 Å². The van der Waals surface area contributed by atoms with Crippen LogP contribution in [-0.2, 0) is 4.74 Å². The minimum absolute atomic E-state index is 0.0564. The average molecular weight is 469 g/mol. The molecule has 2 fully saturated rings. The van der Waals surface area contributed by atoms with Gasteiger partial charge in [0.25, 0.3) is 0 Å². The van der Waals surface area contributed by atoms with E-state index >= 15 is 8.78 Å². The van der Waals surface area contributed by atoms with E-state index in [1.807, 2.05) is 0 Å². The van der Waals surface area contributed by atoms with Crippen molar-refractivity contribution in [1.82, 2.24) is 0 Å². The highest BCUT2D eigenvalue weighted by Gasteiger charge is 2.30. The van der Waals surface area contributed by atoms with Crippen LogP contribution in [0.3, 0.4) is 0 Å². The maximum atomic E-state index is 15.1. The number of ether oxygens (including phenoxy) is 1. The summed E-state index contributed by atoms with van der Waals surface area (Å²) in [6.45, 7) is 2.58. The lowest BCUT2D eigenvalue weighted by atomic mass is 9.77. The van der Waals surface area contributed by atoms with E-state index in [0.29, 0.717) is 29.2 Å². The van der Waals surface area contributed by atoms with Crippen molar-refractivity contribution in [2.45, 2.75) is 57.5 Å². The Morgan fingerprint density at radius 3 is 1.68 bits per heavy atom. The smallest absolute Gasteiger partial charge is 0.167 e. The van der Waals surface area contributed by atoms with Gasteiger partial charge in [-0.1, -0.05) is 68.3 Å². The maximum absolute atomic E-state index is 15.1. The van der Waals surface area contributed by atoms with Gasteiger partial charge in [0, 0.05) is 16.7 Å². The SMILES string of the molecule is CCCC1CCC(c2ccc(-c3ccc(-c4ccc(C5CO5)c(F)c4F)cc3)c(F)c2F)CC1. The Labute approximate surface area is 197 Å². The van der Waals surface area contributed by atoms with Crippen molar-refractivity contribution in [2.75, 3.05) is 6.61 Å². The molecule has 0 N–H and O–H groups in total. The normalized spacial score (nSPS) is 22.1. The standard InChI is InChI=1S/C29H28F4O/c1-2-3-17-4-6-18(7-5-17)21-12-13-22(27(31)26(21)30)19-8-10-20(11-9-19)23-14-15-24(25-16-34-25)29(33)28(23)32/h8-15,17-18,25H,2-7,16H2,1H3. The van der Waals surface area contributed by atoms with Crippen LogP contribution in [0.25, 0.3) is 22.3 Å². The van der Waals surface area contributed by atoms with Crippen LogP contribution in [0.1, 0.15) is 68.6 Å². The van der Waals surface area contributed by atoms with Crippen LogP contribution in [-0.4, -0.2) is 6.61 Å². The van der Waals surface area contributed by atoms with Crippen LogP contribution in [0.2, 0.25) is 0 Å². The van der Waals surface area contributed by atoms with Crippen LogP contribution < -0.4 is 0 Å². The summed E-state index contributed by atoms with van der Waals surface area (Å²) in [4.78, 5) is 0. The van der Waals surface area contributed by atoms with E-state index in [4.69, 9.17) is 4.74 Å². The molecule has 1 saturated heterocycles. The van der Waals surface area contributed by atoms with Crippen molar-refractivity contribution in [3.8, 4) is 22.3 Å². The lowest BCUT2D eigenvalue weighted by Gasteiger charge is -2.29. The molecule has 0 bridgehead atoms. The fourth-order valence-corrected chi connectivity index (χ4v) is 5.37. The zero-order valence-electron chi connectivity index (χ0n) is 19.2. The lowest BCUT2D eigenvalue weighted by Crippen LogP contribution is -2.14. The van der Waals surface area contributed by atoms with Gasteiger partial charge in [-0.3, -0.25) is 0 Å². The molecule has 0 amide bonds. The summed E-state index contributed by atoms with van der Waals surface area (Å²) >= 11 is 0. The first kappa shape index (κ1) is 23.1. The molecule has 2 aliphatic rings. The van der Waals surface area contributed by atoms with Crippen molar-refractivity contribution < 1.29 is 22.3 Å². The van der Waals surface area contributed by atoms with E-state index in [1.165, 1.54) is 18.6 Å². The number of hydrogen-bond donors (Lipinski definition) is 0. The highest BCUT2D eigenvalue weighted by Crippen LogP contribution is 2.40. The predicted molar refractivity (Wildman–Crippen MR) is 125 cm³/mol. The molecule has 5 heteroatoms. The first-order chi connectivity index (χ1) is 16.5. The zero-order valence-corrected chi connectivity index (χ0v) is 19.2. The number of rotatable bonds is 6. The summed E-state index contributed by atoms with van der Waals surface area (Å²) in [6.07, 6.45) is 5.90. The molecule has 0 spiro atoms. The monoisotopic (exact) mass is 468 g/mol. The van der Waals surface area contributed by atoms with E-state index in [1.54, 1.807) is 36.4 Å². The quantitative estimate of drug-likeness (QED) is 0.260. The van der Waals surface area contributed by atoms with Gasteiger partial charge >= 0.3 is 0 Å². The van der Waals surface area contributed by atoms with Gasteiger partial charge in [0.1, 0.15) is 6.10 Å². The van der Waals surface area contributed by atoms with Crippen molar-refractivity contribution in [3.05, 3.63) is 82.9 Å². The Hall–Kier alpha value is -2.66. The van der Waals surface area contributed by atoms with E-state index in [0.717, 1.165) is 32.1 Å². The number of benzene rings is 3. The summed E-state index contributed by atoms with van der Waals surface area (Å²) in [6, 6.07) is 12.8. The van der Waals surface area contributed by atoms with Gasteiger partial charge in [-0.15, -0.1) is 0 Å². The second-order valence-electron chi connectivity index (χ2n) is 9.57. The summed E-state index contributed by atoms with van der Waals surface area (Å²) in [7, 11) is 0.